The Bertz CT molecular complexity index is 254. The minimum Gasteiger partial charge on any atom is -0.377 e. The molecule has 0 bridgehead atoms. The molecule has 0 aromatic carbocycles. The zero-order valence-electron chi connectivity index (χ0n) is 11.5. The molecule has 0 spiro atoms. The van der Waals surface area contributed by atoms with Gasteiger partial charge in [0.05, 0.1) is 6.10 Å². The lowest BCUT2D eigenvalue weighted by atomic mass is 9.55. The van der Waals surface area contributed by atoms with Crippen LogP contribution in [0, 0.1) is 16.7 Å². The molecule has 1 heterocycles. The SMILES string of the molecule is CC(C)(C)CNC1C2CCCOC2C1(C)C. The van der Waals surface area contributed by atoms with E-state index in [-0.39, 0.29) is 0 Å². The summed E-state index contributed by atoms with van der Waals surface area (Å²) >= 11 is 0. The van der Waals surface area contributed by atoms with Crippen molar-refractivity contribution in [2.24, 2.45) is 16.7 Å². The van der Waals surface area contributed by atoms with Crippen molar-refractivity contribution in [3.8, 4) is 0 Å². The number of rotatable bonds is 2. The lowest BCUT2D eigenvalue weighted by molar-refractivity contribution is -0.193. The Morgan fingerprint density at radius 1 is 1.31 bits per heavy atom. The molecule has 2 heteroatoms. The molecule has 1 aliphatic carbocycles. The Kier molecular flexibility index (Phi) is 3.09. The Labute approximate surface area is 100 Å². The molecule has 2 fully saturated rings. The van der Waals surface area contributed by atoms with E-state index in [0.29, 0.717) is 23.0 Å². The minimum absolute atomic E-state index is 0.316. The van der Waals surface area contributed by atoms with Crippen molar-refractivity contribution >= 4 is 0 Å². The predicted octanol–water partition coefficient (Wildman–Crippen LogP) is 2.83. The molecule has 0 amide bonds. The Morgan fingerprint density at radius 3 is 2.62 bits per heavy atom. The van der Waals surface area contributed by atoms with Gasteiger partial charge < -0.3 is 10.1 Å². The van der Waals surface area contributed by atoms with E-state index in [9.17, 15) is 0 Å². The van der Waals surface area contributed by atoms with Crippen LogP contribution in [0.4, 0.5) is 0 Å². The van der Waals surface area contributed by atoms with Gasteiger partial charge in [-0.2, -0.15) is 0 Å². The molecule has 0 radical (unpaired) electrons. The van der Waals surface area contributed by atoms with Gasteiger partial charge in [0.2, 0.25) is 0 Å². The number of nitrogens with one attached hydrogen (secondary N) is 1. The maximum atomic E-state index is 5.91. The van der Waals surface area contributed by atoms with Crippen molar-refractivity contribution in [2.45, 2.75) is 59.6 Å². The highest BCUT2D eigenvalue weighted by Gasteiger charge is 2.57. The largest absolute Gasteiger partial charge is 0.377 e. The van der Waals surface area contributed by atoms with Crippen molar-refractivity contribution in [2.75, 3.05) is 13.2 Å². The van der Waals surface area contributed by atoms with Crippen molar-refractivity contribution in [3.05, 3.63) is 0 Å². The molecule has 1 N–H and O–H groups in total. The summed E-state index contributed by atoms with van der Waals surface area (Å²) in [5.74, 6) is 0.756. The van der Waals surface area contributed by atoms with E-state index in [2.05, 4.69) is 39.9 Å². The first-order chi connectivity index (χ1) is 7.32. The molecular weight excluding hydrogens is 198 g/mol. The van der Waals surface area contributed by atoms with Crippen LogP contribution in [0.2, 0.25) is 0 Å². The molecule has 3 unspecified atom stereocenters. The molecule has 2 rings (SSSR count). The van der Waals surface area contributed by atoms with Gasteiger partial charge in [0.1, 0.15) is 0 Å². The molecule has 1 saturated heterocycles. The van der Waals surface area contributed by atoms with Gasteiger partial charge in [0.15, 0.2) is 0 Å². The first-order valence-electron chi connectivity index (χ1n) is 6.67. The third-order valence-electron chi connectivity index (χ3n) is 4.18. The molecule has 3 atom stereocenters. The van der Waals surface area contributed by atoms with Gasteiger partial charge in [-0.3, -0.25) is 0 Å². The van der Waals surface area contributed by atoms with E-state index in [1.54, 1.807) is 0 Å². The van der Waals surface area contributed by atoms with Crippen molar-refractivity contribution in [3.63, 3.8) is 0 Å². The summed E-state index contributed by atoms with van der Waals surface area (Å²) in [5.41, 5.74) is 0.688. The highest BCUT2D eigenvalue weighted by Crippen LogP contribution is 2.51. The first-order valence-corrected chi connectivity index (χ1v) is 6.67. The van der Waals surface area contributed by atoms with Crippen molar-refractivity contribution in [1.29, 1.82) is 0 Å². The van der Waals surface area contributed by atoms with Crippen LogP contribution in [-0.4, -0.2) is 25.3 Å². The Morgan fingerprint density at radius 2 is 2.00 bits per heavy atom. The molecule has 0 aromatic heterocycles. The lowest BCUT2D eigenvalue weighted by Crippen LogP contribution is -2.69. The average Bonchev–Trinajstić information content (AvgIpc) is 2.16. The monoisotopic (exact) mass is 225 g/mol. The Hall–Kier alpha value is -0.0800. The topological polar surface area (TPSA) is 21.3 Å². The summed E-state index contributed by atoms with van der Waals surface area (Å²) in [6, 6.07) is 0.650. The smallest absolute Gasteiger partial charge is 0.0684 e. The number of fused-ring (bicyclic) bond motifs is 1. The summed E-state index contributed by atoms with van der Waals surface area (Å²) in [7, 11) is 0. The third-order valence-corrected chi connectivity index (χ3v) is 4.18. The van der Waals surface area contributed by atoms with Gasteiger partial charge in [-0.1, -0.05) is 34.6 Å². The Balaban J connectivity index is 1.94. The number of hydrogen-bond acceptors (Lipinski definition) is 2. The summed E-state index contributed by atoms with van der Waals surface area (Å²) in [5, 5.41) is 3.77. The second kappa shape index (κ2) is 3.99. The van der Waals surface area contributed by atoms with E-state index in [0.717, 1.165) is 19.1 Å². The quantitative estimate of drug-likeness (QED) is 0.780. The predicted molar refractivity (Wildman–Crippen MR) is 67.5 cm³/mol. The van der Waals surface area contributed by atoms with E-state index in [1.807, 2.05) is 0 Å². The molecular formula is C14H27NO. The van der Waals surface area contributed by atoms with Crippen LogP contribution in [-0.2, 0) is 4.74 Å². The van der Waals surface area contributed by atoms with E-state index in [1.165, 1.54) is 12.8 Å². The lowest BCUT2D eigenvalue weighted by Gasteiger charge is -2.60. The summed E-state index contributed by atoms with van der Waals surface area (Å²) in [6.07, 6.45) is 3.08. The zero-order valence-corrected chi connectivity index (χ0v) is 11.5. The number of hydrogen-bond donors (Lipinski definition) is 1. The molecule has 2 aliphatic rings. The van der Waals surface area contributed by atoms with Gasteiger partial charge in [0.25, 0.3) is 0 Å². The fraction of sp³-hybridized carbons (Fsp3) is 1.00. The standard InChI is InChI=1S/C14H27NO/c1-13(2,3)9-15-11-10-7-6-8-16-12(10)14(11,4)5/h10-12,15H,6-9H2,1-5H3. The van der Waals surface area contributed by atoms with Crippen LogP contribution in [0.25, 0.3) is 0 Å². The van der Waals surface area contributed by atoms with Gasteiger partial charge in [0, 0.05) is 30.5 Å². The van der Waals surface area contributed by atoms with Crippen LogP contribution in [0.5, 0.6) is 0 Å². The minimum atomic E-state index is 0.316. The fourth-order valence-corrected chi connectivity index (χ4v) is 3.35. The number of ether oxygens (including phenoxy) is 1. The van der Waals surface area contributed by atoms with Gasteiger partial charge in [-0.15, -0.1) is 0 Å². The molecule has 1 saturated carbocycles. The van der Waals surface area contributed by atoms with E-state index < -0.39 is 0 Å². The van der Waals surface area contributed by atoms with Gasteiger partial charge in [-0.25, -0.2) is 0 Å². The van der Waals surface area contributed by atoms with Gasteiger partial charge >= 0.3 is 0 Å². The van der Waals surface area contributed by atoms with E-state index >= 15 is 0 Å². The van der Waals surface area contributed by atoms with Crippen LogP contribution in [0.3, 0.4) is 0 Å². The molecule has 94 valence electrons. The molecule has 16 heavy (non-hydrogen) atoms. The second-order valence-electron chi connectivity index (χ2n) is 7.34. The molecule has 2 nitrogen and oxygen atoms in total. The fourth-order valence-electron chi connectivity index (χ4n) is 3.35. The third kappa shape index (κ3) is 2.14. The van der Waals surface area contributed by atoms with Crippen LogP contribution < -0.4 is 5.32 Å². The van der Waals surface area contributed by atoms with E-state index in [4.69, 9.17) is 4.74 Å². The zero-order chi connectivity index (χ0) is 12.0. The summed E-state index contributed by atoms with van der Waals surface area (Å²) in [4.78, 5) is 0. The summed E-state index contributed by atoms with van der Waals surface area (Å²) < 4.78 is 5.91. The highest BCUT2D eigenvalue weighted by atomic mass is 16.5. The normalized spacial score (nSPS) is 37.7. The van der Waals surface area contributed by atoms with Crippen LogP contribution in [0.15, 0.2) is 0 Å². The van der Waals surface area contributed by atoms with Crippen LogP contribution >= 0.6 is 0 Å². The second-order valence-corrected chi connectivity index (χ2v) is 7.34. The van der Waals surface area contributed by atoms with Crippen molar-refractivity contribution < 1.29 is 4.74 Å². The van der Waals surface area contributed by atoms with Crippen LogP contribution in [0.1, 0.15) is 47.5 Å². The average molecular weight is 225 g/mol. The first kappa shape index (κ1) is 12.4. The maximum absolute atomic E-state index is 5.91. The highest BCUT2D eigenvalue weighted by molar-refractivity contribution is 5.10. The van der Waals surface area contributed by atoms with Gasteiger partial charge in [-0.05, 0) is 18.3 Å². The maximum Gasteiger partial charge on any atom is 0.0684 e. The molecule has 0 aromatic rings. The summed E-state index contributed by atoms with van der Waals surface area (Å²) in [6.45, 7) is 13.6. The van der Waals surface area contributed by atoms with Crippen molar-refractivity contribution in [1.82, 2.24) is 5.32 Å². The molecule has 1 aliphatic heterocycles.